The van der Waals surface area contributed by atoms with E-state index in [9.17, 15) is 9.59 Å². The number of morpholine rings is 1. The zero-order valence-corrected chi connectivity index (χ0v) is 15.2. The lowest BCUT2D eigenvalue weighted by Gasteiger charge is -2.38. The number of benzene rings is 2. The van der Waals surface area contributed by atoms with Crippen molar-refractivity contribution < 1.29 is 28.5 Å². The first-order valence-electron chi connectivity index (χ1n) is 9.15. The zero-order chi connectivity index (χ0) is 19.3. The first kappa shape index (κ1) is 18.5. The summed E-state index contributed by atoms with van der Waals surface area (Å²) in [7, 11) is 0. The lowest BCUT2D eigenvalue weighted by molar-refractivity contribution is -0.217. The first-order chi connectivity index (χ1) is 13.7. The van der Waals surface area contributed by atoms with Crippen molar-refractivity contribution in [2.24, 2.45) is 0 Å². The largest absolute Gasteiger partial charge is 0.461 e. The van der Waals surface area contributed by atoms with Gasteiger partial charge in [-0.15, -0.1) is 0 Å². The summed E-state index contributed by atoms with van der Waals surface area (Å²) in [5.41, 5.74) is 1.86. The fourth-order valence-corrected chi connectivity index (χ4v) is 3.29. The average Bonchev–Trinajstić information content (AvgIpc) is 3.12. The molecule has 4 rings (SSSR count). The molecule has 2 heterocycles. The Morgan fingerprint density at radius 1 is 1.00 bits per heavy atom. The maximum Gasteiger partial charge on any atom is 0.411 e. The second-order valence-corrected chi connectivity index (χ2v) is 6.67. The van der Waals surface area contributed by atoms with Crippen LogP contribution in [-0.2, 0) is 37.0 Å². The van der Waals surface area contributed by atoms with Gasteiger partial charge in [0.1, 0.15) is 19.3 Å². The molecule has 28 heavy (non-hydrogen) atoms. The highest BCUT2D eigenvalue weighted by molar-refractivity contribution is 5.84. The molecule has 2 aromatic rings. The Kier molecular flexibility index (Phi) is 5.55. The summed E-state index contributed by atoms with van der Waals surface area (Å²) in [6.45, 7) is 0.650. The quantitative estimate of drug-likeness (QED) is 0.739. The number of ether oxygens (including phenoxy) is 4. The van der Waals surface area contributed by atoms with Crippen molar-refractivity contribution in [1.82, 2.24) is 4.90 Å². The van der Waals surface area contributed by atoms with E-state index in [0.717, 1.165) is 11.1 Å². The van der Waals surface area contributed by atoms with E-state index in [0.29, 0.717) is 6.61 Å². The van der Waals surface area contributed by atoms with Gasteiger partial charge in [0.15, 0.2) is 12.3 Å². The lowest BCUT2D eigenvalue weighted by atomic mass is 10.1. The van der Waals surface area contributed by atoms with Gasteiger partial charge < -0.3 is 18.9 Å². The number of cyclic esters (lactones) is 1. The van der Waals surface area contributed by atoms with E-state index in [-0.39, 0.29) is 19.8 Å². The van der Waals surface area contributed by atoms with Crippen LogP contribution in [0.2, 0.25) is 0 Å². The van der Waals surface area contributed by atoms with Crippen LogP contribution in [0.15, 0.2) is 60.7 Å². The summed E-state index contributed by atoms with van der Waals surface area (Å²) < 4.78 is 22.1. The molecule has 7 nitrogen and oxygen atoms in total. The second kappa shape index (κ2) is 8.41. The Labute approximate surface area is 162 Å². The molecule has 2 saturated heterocycles. The Morgan fingerprint density at radius 2 is 1.64 bits per heavy atom. The van der Waals surface area contributed by atoms with Gasteiger partial charge >= 0.3 is 12.1 Å². The van der Waals surface area contributed by atoms with Crippen LogP contribution in [0.1, 0.15) is 11.1 Å². The Balaban J connectivity index is 1.41. The van der Waals surface area contributed by atoms with Crippen molar-refractivity contribution in [1.29, 1.82) is 0 Å². The van der Waals surface area contributed by atoms with Gasteiger partial charge in [-0.2, -0.15) is 0 Å². The molecule has 7 heteroatoms. The third-order valence-electron chi connectivity index (χ3n) is 4.71. The van der Waals surface area contributed by atoms with Crippen LogP contribution in [0.3, 0.4) is 0 Å². The molecule has 3 atom stereocenters. The zero-order valence-electron chi connectivity index (χ0n) is 15.2. The van der Waals surface area contributed by atoms with Gasteiger partial charge in [0, 0.05) is 0 Å². The highest BCUT2D eigenvalue weighted by Gasteiger charge is 2.50. The Morgan fingerprint density at radius 3 is 2.32 bits per heavy atom. The predicted molar refractivity (Wildman–Crippen MR) is 98.0 cm³/mol. The van der Waals surface area contributed by atoms with Gasteiger partial charge in [0.2, 0.25) is 0 Å². The minimum Gasteiger partial charge on any atom is -0.461 e. The monoisotopic (exact) mass is 383 g/mol. The third kappa shape index (κ3) is 4.16. The van der Waals surface area contributed by atoms with Gasteiger partial charge in [0.25, 0.3) is 0 Å². The van der Waals surface area contributed by atoms with Crippen molar-refractivity contribution >= 4 is 12.1 Å². The summed E-state index contributed by atoms with van der Waals surface area (Å²) in [5, 5.41) is 0. The van der Waals surface area contributed by atoms with E-state index >= 15 is 0 Å². The van der Waals surface area contributed by atoms with Crippen LogP contribution in [-0.4, -0.2) is 48.5 Å². The Bertz CT molecular complexity index is 812. The van der Waals surface area contributed by atoms with Gasteiger partial charge in [-0.1, -0.05) is 60.7 Å². The van der Waals surface area contributed by atoms with Crippen LogP contribution >= 0.6 is 0 Å². The second-order valence-electron chi connectivity index (χ2n) is 6.67. The van der Waals surface area contributed by atoms with Crippen LogP contribution in [0.5, 0.6) is 0 Å². The third-order valence-corrected chi connectivity index (χ3v) is 4.71. The number of amides is 1. The van der Waals surface area contributed by atoms with Crippen molar-refractivity contribution in [3.05, 3.63) is 71.8 Å². The van der Waals surface area contributed by atoms with Crippen LogP contribution in [0.4, 0.5) is 4.79 Å². The van der Waals surface area contributed by atoms with Gasteiger partial charge in [-0.25, -0.2) is 9.59 Å². The van der Waals surface area contributed by atoms with Gasteiger partial charge in [-0.05, 0) is 11.1 Å². The molecule has 0 saturated carbocycles. The molecule has 2 aliphatic rings. The summed E-state index contributed by atoms with van der Waals surface area (Å²) in [6, 6.07) is 18.2. The maximum absolute atomic E-state index is 12.7. The maximum atomic E-state index is 12.7. The molecule has 0 aromatic heterocycles. The molecule has 1 amide bonds. The standard InChI is InChI=1S/C21H21NO6/c23-20-19-17(14-26-20)28-18(25-12-15-7-3-1-4-8-15)11-22(19)21(24)27-13-16-9-5-2-6-10-16/h1-10,17-19H,11-14H2/t17-,18?,19-/m1/s1. The predicted octanol–water partition coefficient (Wildman–Crippen LogP) is 2.49. The lowest BCUT2D eigenvalue weighted by Crippen LogP contribution is -2.58. The molecule has 2 fully saturated rings. The summed E-state index contributed by atoms with van der Waals surface area (Å²) in [4.78, 5) is 26.1. The number of rotatable bonds is 5. The van der Waals surface area contributed by atoms with Crippen molar-refractivity contribution in [2.75, 3.05) is 13.2 Å². The van der Waals surface area contributed by atoms with Crippen molar-refractivity contribution in [3.8, 4) is 0 Å². The number of hydrogen-bond acceptors (Lipinski definition) is 6. The van der Waals surface area contributed by atoms with Gasteiger partial charge in [-0.3, -0.25) is 4.90 Å². The molecular weight excluding hydrogens is 362 g/mol. The molecule has 0 bridgehead atoms. The molecule has 0 spiro atoms. The van der Waals surface area contributed by atoms with E-state index < -0.39 is 30.5 Å². The SMILES string of the molecule is O=C1OC[C@H]2OC(OCc3ccccc3)CN(C(=O)OCc3ccccc3)[C@@H]12. The molecule has 1 unspecified atom stereocenters. The fraction of sp³-hybridized carbons (Fsp3) is 0.333. The van der Waals surface area contributed by atoms with E-state index in [1.807, 2.05) is 60.7 Å². The summed E-state index contributed by atoms with van der Waals surface area (Å²) in [6.07, 6.45) is -1.82. The number of hydrogen-bond donors (Lipinski definition) is 0. The van der Waals surface area contributed by atoms with Crippen LogP contribution < -0.4 is 0 Å². The minimum absolute atomic E-state index is 0.0940. The Hall–Kier alpha value is -2.90. The molecule has 0 radical (unpaired) electrons. The number of carbonyl (C=O) groups excluding carboxylic acids is 2. The number of esters is 1. The first-order valence-corrected chi connectivity index (χ1v) is 9.15. The van der Waals surface area contributed by atoms with Crippen molar-refractivity contribution in [3.63, 3.8) is 0 Å². The fourth-order valence-electron chi connectivity index (χ4n) is 3.29. The highest BCUT2D eigenvalue weighted by atomic mass is 16.7. The number of nitrogens with zero attached hydrogens (tertiary/aromatic N) is 1. The summed E-state index contributed by atoms with van der Waals surface area (Å²) in [5.74, 6) is -0.483. The smallest absolute Gasteiger partial charge is 0.411 e. The van der Waals surface area contributed by atoms with E-state index in [4.69, 9.17) is 18.9 Å². The van der Waals surface area contributed by atoms with E-state index in [1.165, 1.54) is 4.90 Å². The molecule has 2 aliphatic heterocycles. The molecular formula is C21H21NO6. The molecule has 0 N–H and O–H groups in total. The highest BCUT2D eigenvalue weighted by Crippen LogP contribution is 2.26. The minimum atomic E-state index is -0.806. The van der Waals surface area contributed by atoms with E-state index in [2.05, 4.69) is 0 Å². The van der Waals surface area contributed by atoms with Crippen LogP contribution in [0.25, 0.3) is 0 Å². The average molecular weight is 383 g/mol. The topological polar surface area (TPSA) is 74.3 Å². The number of fused-ring (bicyclic) bond motifs is 1. The summed E-state index contributed by atoms with van der Waals surface area (Å²) >= 11 is 0. The van der Waals surface area contributed by atoms with Crippen LogP contribution in [0, 0.1) is 0 Å². The molecule has 2 aromatic carbocycles. The van der Waals surface area contributed by atoms with Gasteiger partial charge in [0.05, 0.1) is 13.2 Å². The molecule has 0 aliphatic carbocycles. The normalized spacial score (nSPS) is 23.8. The van der Waals surface area contributed by atoms with Crippen molar-refractivity contribution in [2.45, 2.75) is 31.6 Å². The van der Waals surface area contributed by atoms with E-state index in [1.54, 1.807) is 0 Å². The number of carbonyl (C=O) groups is 2. The molecule has 146 valence electrons.